The van der Waals surface area contributed by atoms with Crippen molar-refractivity contribution in [2.45, 2.75) is 6.92 Å². The predicted molar refractivity (Wildman–Crippen MR) is 94.9 cm³/mol. The number of carboxylic acid groups (broad SMARTS) is 1. The summed E-state index contributed by atoms with van der Waals surface area (Å²) >= 11 is 11.4. The van der Waals surface area contributed by atoms with Crippen LogP contribution in [-0.2, 0) is 0 Å². The standard InChI is InChI=1S/C9H7ClN2O.C7H6ClNO2/c1-5-11-7-4-2-3-6(10)8(7)9(13)12-5;8-4-2-1-3-5(9)6(4)7(10)11/h2-4H,1H3,(H,11,12,13);1-3H,9H2,(H,10,11). The largest absolute Gasteiger partial charge is 0.478 e. The molecule has 2 aromatic carbocycles. The van der Waals surface area contributed by atoms with Crippen molar-refractivity contribution in [3.05, 3.63) is 68.2 Å². The van der Waals surface area contributed by atoms with E-state index in [1.165, 1.54) is 12.1 Å². The van der Waals surface area contributed by atoms with Crippen molar-refractivity contribution in [2.24, 2.45) is 0 Å². The number of aryl methyl sites for hydroxylation is 1. The van der Waals surface area contributed by atoms with Gasteiger partial charge in [0.25, 0.3) is 5.56 Å². The van der Waals surface area contributed by atoms with E-state index in [0.717, 1.165) is 0 Å². The van der Waals surface area contributed by atoms with Gasteiger partial charge in [0.2, 0.25) is 0 Å². The normalized spacial score (nSPS) is 10.1. The number of aromatic amines is 1. The molecule has 124 valence electrons. The van der Waals surface area contributed by atoms with Crippen LogP contribution in [0.1, 0.15) is 16.2 Å². The summed E-state index contributed by atoms with van der Waals surface area (Å²) < 4.78 is 0. The second-order valence-electron chi connectivity index (χ2n) is 4.79. The predicted octanol–water partition coefficient (Wildman–Crippen LogP) is 3.51. The van der Waals surface area contributed by atoms with Gasteiger partial charge in [-0.15, -0.1) is 0 Å². The van der Waals surface area contributed by atoms with Gasteiger partial charge in [0.1, 0.15) is 11.4 Å². The van der Waals surface area contributed by atoms with Crippen LogP contribution in [-0.4, -0.2) is 21.0 Å². The highest BCUT2D eigenvalue weighted by Crippen LogP contribution is 2.21. The van der Waals surface area contributed by atoms with Crippen molar-refractivity contribution in [1.29, 1.82) is 0 Å². The van der Waals surface area contributed by atoms with E-state index >= 15 is 0 Å². The van der Waals surface area contributed by atoms with E-state index in [0.29, 0.717) is 21.7 Å². The smallest absolute Gasteiger partial charge is 0.339 e. The van der Waals surface area contributed by atoms with Gasteiger partial charge in [-0.05, 0) is 31.2 Å². The van der Waals surface area contributed by atoms with Gasteiger partial charge in [0.15, 0.2) is 0 Å². The molecular weight excluding hydrogens is 353 g/mol. The Labute approximate surface area is 146 Å². The number of hydrogen-bond acceptors (Lipinski definition) is 4. The summed E-state index contributed by atoms with van der Waals surface area (Å²) in [7, 11) is 0. The molecule has 0 amide bonds. The highest BCUT2D eigenvalue weighted by atomic mass is 35.5. The lowest BCUT2D eigenvalue weighted by Crippen LogP contribution is -2.09. The fraction of sp³-hybridized carbons (Fsp3) is 0.0625. The topological polar surface area (TPSA) is 109 Å². The first-order valence-corrected chi connectivity index (χ1v) is 7.49. The minimum absolute atomic E-state index is 0.0332. The summed E-state index contributed by atoms with van der Waals surface area (Å²) in [5.74, 6) is -0.507. The van der Waals surface area contributed by atoms with Crippen molar-refractivity contribution < 1.29 is 9.90 Å². The van der Waals surface area contributed by atoms with Crippen LogP contribution < -0.4 is 11.3 Å². The Morgan fingerprint density at radius 3 is 2.38 bits per heavy atom. The summed E-state index contributed by atoms with van der Waals surface area (Å²) in [4.78, 5) is 28.7. The molecule has 3 aromatic rings. The van der Waals surface area contributed by atoms with Crippen LogP contribution in [0.25, 0.3) is 10.9 Å². The molecule has 8 heteroatoms. The number of nitrogen functional groups attached to an aromatic ring is 1. The van der Waals surface area contributed by atoms with Gasteiger partial charge >= 0.3 is 5.97 Å². The lowest BCUT2D eigenvalue weighted by atomic mass is 10.2. The number of H-pyrrole nitrogens is 1. The minimum atomic E-state index is -1.10. The number of fused-ring (bicyclic) bond motifs is 1. The minimum Gasteiger partial charge on any atom is -0.478 e. The zero-order valence-corrected chi connectivity index (χ0v) is 14.0. The summed E-state index contributed by atoms with van der Waals surface area (Å²) in [5.41, 5.74) is 5.96. The van der Waals surface area contributed by atoms with Gasteiger partial charge in [-0.2, -0.15) is 0 Å². The molecule has 0 fully saturated rings. The van der Waals surface area contributed by atoms with E-state index in [9.17, 15) is 9.59 Å². The molecule has 0 aliphatic carbocycles. The number of anilines is 1. The molecule has 0 atom stereocenters. The third kappa shape index (κ3) is 3.84. The lowest BCUT2D eigenvalue weighted by molar-refractivity contribution is 0.0698. The van der Waals surface area contributed by atoms with Crippen molar-refractivity contribution >= 4 is 45.8 Å². The van der Waals surface area contributed by atoms with Crippen molar-refractivity contribution in [1.82, 2.24) is 9.97 Å². The van der Waals surface area contributed by atoms with E-state index < -0.39 is 5.97 Å². The van der Waals surface area contributed by atoms with Gasteiger partial charge < -0.3 is 15.8 Å². The summed E-state index contributed by atoms with van der Waals surface area (Å²) in [6.07, 6.45) is 0. The maximum atomic E-state index is 11.4. The van der Waals surface area contributed by atoms with Crippen LogP contribution >= 0.6 is 23.2 Å². The van der Waals surface area contributed by atoms with Gasteiger partial charge in [0.05, 0.1) is 20.9 Å². The average molecular weight is 366 g/mol. The van der Waals surface area contributed by atoms with E-state index in [2.05, 4.69) is 9.97 Å². The molecule has 0 spiro atoms. The second-order valence-corrected chi connectivity index (χ2v) is 5.61. The molecule has 1 heterocycles. The summed E-state index contributed by atoms with van der Waals surface area (Å²) in [6, 6.07) is 9.80. The number of nitrogens with zero attached hydrogens (tertiary/aromatic N) is 1. The maximum Gasteiger partial charge on any atom is 0.339 e. The molecule has 0 aliphatic rings. The first-order chi connectivity index (χ1) is 11.3. The summed E-state index contributed by atoms with van der Waals surface area (Å²) in [6.45, 7) is 1.74. The molecule has 0 unspecified atom stereocenters. The molecule has 4 N–H and O–H groups in total. The average Bonchev–Trinajstić information content (AvgIpc) is 2.46. The quantitative estimate of drug-likeness (QED) is 0.571. The lowest BCUT2D eigenvalue weighted by Gasteiger charge is -2.00. The Morgan fingerprint density at radius 2 is 1.79 bits per heavy atom. The SMILES string of the molecule is Cc1nc2cccc(Cl)c2c(=O)[nH]1.Nc1cccc(Cl)c1C(=O)O. The highest BCUT2D eigenvalue weighted by Gasteiger charge is 2.10. The van der Waals surface area contributed by atoms with Gasteiger partial charge in [0, 0.05) is 5.69 Å². The summed E-state index contributed by atoms with van der Waals surface area (Å²) in [5, 5.41) is 9.64. The number of nitrogens with one attached hydrogen (secondary N) is 1. The number of benzene rings is 2. The Balaban J connectivity index is 0.000000177. The third-order valence-electron chi connectivity index (χ3n) is 3.06. The Morgan fingerprint density at radius 1 is 1.17 bits per heavy atom. The number of aromatic nitrogens is 2. The molecular formula is C16H13Cl2N3O3. The molecule has 0 bridgehead atoms. The first kappa shape index (κ1) is 17.8. The van der Waals surface area contributed by atoms with Crippen molar-refractivity contribution in [3.63, 3.8) is 0 Å². The number of carboxylic acids is 1. The molecule has 1 aromatic heterocycles. The Bertz CT molecular complexity index is 950. The van der Waals surface area contributed by atoms with E-state index in [1.54, 1.807) is 31.2 Å². The van der Waals surface area contributed by atoms with E-state index in [4.69, 9.17) is 34.0 Å². The molecule has 6 nitrogen and oxygen atoms in total. The number of carbonyl (C=O) groups is 1. The number of halogens is 2. The monoisotopic (exact) mass is 365 g/mol. The van der Waals surface area contributed by atoms with Crippen LogP contribution in [0.2, 0.25) is 10.0 Å². The first-order valence-electron chi connectivity index (χ1n) is 6.73. The Hall–Kier alpha value is -2.57. The number of rotatable bonds is 1. The van der Waals surface area contributed by atoms with Gasteiger partial charge in [-0.3, -0.25) is 4.79 Å². The zero-order valence-electron chi connectivity index (χ0n) is 12.5. The molecule has 0 saturated carbocycles. The van der Waals surface area contributed by atoms with Gasteiger partial charge in [-0.1, -0.05) is 35.3 Å². The number of nitrogens with two attached hydrogens (primary N) is 1. The third-order valence-corrected chi connectivity index (χ3v) is 3.69. The molecule has 0 saturated heterocycles. The van der Waals surface area contributed by atoms with E-state index in [1.807, 2.05) is 0 Å². The van der Waals surface area contributed by atoms with Crippen LogP contribution in [0.4, 0.5) is 5.69 Å². The maximum absolute atomic E-state index is 11.4. The number of aromatic carboxylic acids is 1. The number of hydrogen-bond donors (Lipinski definition) is 3. The second kappa shape index (κ2) is 7.33. The molecule has 3 rings (SSSR count). The van der Waals surface area contributed by atoms with Crippen LogP contribution in [0.15, 0.2) is 41.2 Å². The van der Waals surface area contributed by atoms with Crippen LogP contribution in [0, 0.1) is 6.92 Å². The molecule has 24 heavy (non-hydrogen) atoms. The van der Waals surface area contributed by atoms with Crippen LogP contribution in [0.3, 0.4) is 0 Å². The molecule has 0 aliphatic heterocycles. The fourth-order valence-corrected chi connectivity index (χ4v) is 2.55. The van der Waals surface area contributed by atoms with Crippen LogP contribution in [0.5, 0.6) is 0 Å². The van der Waals surface area contributed by atoms with E-state index in [-0.39, 0.29) is 21.8 Å². The van der Waals surface area contributed by atoms with Crippen molar-refractivity contribution in [3.8, 4) is 0 Å². The highest BCUT2D eigenvalue weighted by molar-refractivity contribution is 6.35. The molecule has 0 radical (unpaired) electrons. The van der Waals surface area contributed by atoms with Gasteiger partial charge in [-0.25, -0.2) is 9.78 Å². The Kier molecular flexibility index (Phi) is 5.43. The fourth-order valence-electron chi connectivity index (χ4n) is 2.03. The van der Waals surface area contributed by atoms with Crippen molar-refractivity contribution in [2.75, 3.05) is 5.73 Å². The zero-order chi connectivity index (χ0) is 17.9.